The molecule has 0 saturated heterocycles. The van der Waals surface area contributed by atoms with Crippen molar-refractivity contribution < 1.29 is 9.58 Å². The van der Waals surface area contributed by atoms with Crippen LogP contribution in [0.5, 0.6) is 11.6 Å². The Balaban J connectivity index is 1.89. The van der Waals surface area contributed by atoms with Crippen LogP contribution in [-0.2, 0) is 0 Å². The standard InChI is InChI=1S/C13H9Cl3N2O2/c14-11-5-6-12(17-18(11)19)20-10-4-2-1-3-8(10)9-7-13(9,15)16/h1-6,9H,7H2. The van der Waals surface area contributed by atoms with Crippen molar-refractivity contribution in [1.29, 1.82) is 0 Å². The zero-order valence-corrected chi connectivity index (χ0v) is 12.4. The Labute approximate surface area is 130 Å². The van der Waals surface area contributed by atoms with E-state index >= 15 is 0 Å². The number of hydrogen-bond donors (Lipinski definition) is 0. The van der Waals surface area contributed by atoms with Crippen molar-refractivity contribution in [2.75, 3.05) is 0 Å². The van der Waals surface area contributed by atoms with Gasteiger partial charge >= 0.3 is 5.15 Å². The zero-order chi connectivity index (χ0) is 14.3. The van der Waals surface area contributed by atoms with Gasteiger partial charge in [-0.3, -0.25) is 0 Å². The molecule has 104 valence electrons. The maximum Gasteiger partial charge on any atom is 0.313 e. The van der Waals surface area contributed by atoms with Crippen molar-refractivity contribution in [1.82, 2.24) is 5.10 Å². The van der Waals surface area contributed by atoms with Gasteiger partial charge in [0.25, 0.3) is 5.88 Å². The summed E-state index contributed by atoms with van der Waals surface area (Å²) in [6.45, 7) is 0. The van der Waals surface area contributed by atoms with Gasteiger partial charge in [-0.15, -0.1) is 23.2 Å². The molecule has 0 spiro atoms. The first-order valence-electron chi connectivity index (χ1n) is 5.88. The minimum atomic E-state index is -0.745. The van der Waals surface area contributed by atoms with E-state index in [0.29, 0.717) is 17.0 Å². The average Bonchev–Trinajstić information content (AvgIpc) is 3.03. The molecule has 1 aromatic heterocycles. The molecule has 2 aromatic rings. The smallest absolute Gasteiger partial charge is 0.313 e. The van der Waals surface area contributed by atoms with Gasteiger partial charge in [0, 0.05) is 23.6 Å². The highest BCUT2D eigenvalue weighted by Gasteiger charge is 2.53. The molecule has 1 unspecified atom stereocenters. The van der Waals surface area contributed by atoms with Crippen molar-refractivity contribution in [2.24, 2.45) is 0 Å². The van der Waals surface area contributed by atoms with Gasteiger partial charge in [0.15, 0.2) is 0 Å². The summed E-state index contributed by atoms with van der Waals surface area (Å²) in [6, 6.07) is 10.3. The van der Waals surface area contributed by atoms with Crippen molar-refractivity contribution >= 4 is 34.8 Å². The van der Waals surface area contributed by atoms with Gasteiger partial charge in [0.05, 0.1) is 5.10 Å². The van der Waals surface area contributed by atoms with Gasteiger partial charge in [-0.05, 0) is 28.9 Å². The number of aromatic nitrogens is 2. The second-order valence-corrected chi connectivity index (χ2v) is 6.45. The van der Waals surface area contributed by atoms with E-state index in [1.54, 1.807) is 6.07 Å². The summed E-state index contributed by atoms with van der Waals surface area (Å²) in [5.74, 6) is 0.761. The molecule has 1 aromatic carbocycles. The zero-order valence-electron chi connectivity index (χ0n) is 10.1. The molecule has 0 bridgehead atoms. The van der Waals surface area contributed by atoms with Crippen LogP contribution < -0.4 is 9.58 Å². The molecule has 1 heterocycles. The first kappa shape index (κ1) is 13.7. The van der Waals surface area contributed by atoms with Crippen molar-refractivity contribution in [3.05, 3.63) is 52.3 Å². The number of hydrogen-bond acceptors (Lipinski definition) is 3. The second kappa shape index (κ2) is 4.95. The molecule has 3 rings (SSSR count). The molecule has 20 heavy (non-hydrogen) atoms. The molecule has 1 aliphatic carbocycles. The SMILES string of the molecule is [O-][n+]1nc(Oc2ccccc2C2CC2(Cl)Cl)ccc1Cl. The molecule has 4 nitrogen and oxygen atoms in total. The van der Waals surface area contributed by atoms with Gasteiger partial charge in [-0.25, -0.2) is 0 Å². The fourth-order valence-corrected chi connectivity index (χ4v) is 2.60. The molecule has 1 atom stereocenters. The molecular weight excluding hydrogens is 323 g/mol. The maximum atomic E-state index is 11.3. The van der Waals surface area contributed by atoms with Crippen LogP contribution in [-0.4, -0.2) is 9.43 Å². The number of para-hydroxylation sites is 1. The minimum absolute atomic E-state index is 0.0200. The molecule has 0 N–H and O–H groups in total. The quantitative estimate of drug-likeness (QED) is 0.488. The normalized spacial score (nSPS) is 19.6. The first-order chi connectivity index (χ1) is 9.47. The fraction of sp³-hybridized carbons (Fsp3) is 0.231. The predicted octanol–water partition coefficient (Wildman–Crippen LogP) is 3.82. The van der Waals surface area contributed by atoms with Gasteiger partial charge in [-0.2, -0.15) is 0 Å². The molecule has 1 aliphatic rings. The molecule has 0 radical (unpaired) electrons. The Morgan fingerprint density at radius 2 is 1.95 bits per heavy atom. The molecule has 7 heteroatoms. The van der Waals surface area contributed by atoms with Crippen LogP contribution in [0, 0.1) is 5.21 Å². The number of halogens is 3. The highest BCUT2D eigenvalue weighted by Crippen LogP contribution is 2.61. The first-order valence-corrected chi connectivity index (χ1v) is 7.02. The molecule has 0 aliphatic heterocycles. The Kier molecular flexibility index (Phi) is 3.40. The highest BCUT2D eigenvalue weighted by molar-refractivity contribution is 6.51. The lowest BCUT2D eigenvalue weighted by atomic mass is 10.1. The van der Waals surface area contributed by atoms with Crippen molar-refractivity contribution in [3.8, 4) is 11.6 Å². The van der Waals surface area contributed by atoms with E-state index in [9.17, 15) is 5.21 Å². The monoisotopic (exact) mass is 330 g/mol. The Morgan fingerprint density at radius 1 is 1.25 bits per heavy atom. The van der Waals surface area contributed by atoms with E-state index < -0.39 is 4.33 Å². The number of ether oxygens (including phenoxy) is 1. The van der Waals surface area contributed by atoms with Crippen LogP contribution in [0.4, 0.5) is 0 Å². The average molecular weight is 332 g/mol. The van der Waals surface area contributed by atoms with Gasteiger partial charge in [-0.1, -0.05) is 18.2 Å². The van der Waals surface area contributed by atoms with Crippen molar-refractivity contribution in [2.45, 2.75) is 16.7 Å². The summed E-state index contributed by atoms with van der Waals surface area (Å²) < 4.78 is 4.89. The molecule has 1 saturated carbocycles. The lowest BCUT2D eigenvalue weighted by molar-refractivity contribution is -0.667. The van der Waals surface area contributed by atoms with Crippen LogP contribution in [0.1, 0.15) is 17.9 Å². The van der Waals surface area contributed by atoms with Gasteiger partial charge in [0.1, 0.15) is 10.1 Å². The van der Waals surface area contributed by atoms with Gasteiger partial charge in [0.2, 0.25) is 0 Å². The van der Waals surface area contributed by atoms with Crippen LogP contribution in [0.3, 0.4) is 0 Å². The third-order valence-electron chi connectivity index (χ3n) is 3.07. The third kappa shape index (κ3) is 2.64. The minimum Gasteiger partial charge on any atom is -0.593 e. The maximum absolute atomic E-state index is 11.3. The number of rotatable bonds is 3. The molecular formula is C13H9Cl3N2O2. The Morgan fingerprint density at radius 3 is 2.60 bits per heavy atom. The lowest BCUT2D eigenvalue weighted by Gasteiger charge is -2.09. The second-order valence-electron chi connectivity index (χ2n) is 4.52. The molecule has 1 fully saturated rings. The van der Waals surface area contributed by atoms with Crippen LogP contribution in [0.15, 0.2) is 36.4 Å². The predicted molar refractivity (Wildman–Crippen MR) is 76.5 cm³/mol. The summed E-state index contributed by atoms with van der Waals surface area (Å²) in [5, 5.41) is 15.0. The summed E-state index contributed by atoms with van der Waals surface area (Å²) in [4.78, 5) is 0.296. The van der Waals surface area contributed by atoms with E-state index in [4.69, 9.17) is 39.5 Å². The lowest BCUT2D eigenvalue weighted by Crippen LogP contribution is -2.32. The summed E-state index contributed by atoms with van der Waals surface area (Å²) >= 11 is 17.8. The summed E-state index contributed by atoms with van der Waals surface area (Å²) in [5.41, 5.74) is 0.895. The van der Waals surface area contributed by atoms with E-state index in [2.05, 4.69) is 5.10 Å². The van der Waals surface area contributed by atoms with Gasteiger partial charge < -0.3 is 9.94 Å². The summed E-state index contributed by atoms with van der Waals surface area (Å²) in [7, 11) is 0. The van der Waals surface area contributed by atoms with Crippen LogP contribution in [0.2, 0.25) is 5.15 Å². The largest absolute Gasteiger partial charge is 0.593 e. The van der Waals surface area contributed by atoms with Crippen LogP contribution in [0.25, 0.3) is 0 Å². The Bertz CT molecular complexity index is 664. The van der Waals surface area contributed by atoms with E-state index in [1.165, 1.54) is 12.1 Å². The molecule has 0 amide bonds. The van der Waals surface area contributed by atoms with E-state index in [-0.39, 0.29) is 17.0 Å². The Hall–Kier alpha value is -1.23. The fourth-order valence-electron chi connectivity index (χ4n) is 1.95. The highest BCUT2D eigenvalue weighted by atomic mass is 35.5. The topological polar surface area (TPSA) is 49.1 Å². The number of alkyl halides is 2. The number of nitrogens with zero attached hydrogens (tertiary/aromatic N) is 2. The van der Waals surface area contributed by atoms with Crippen molar-refractivity contribution in [3.63, 3.8) is 0 Å². The van der Waals surface area contributed by atoms with E-state index in [0.717, 1.165) is 5.56 Å². The van der Waals surface area contributed by atoms with Crippen LogP contribution >= 0.6 is 34.8 Å². The summed E-state index contributed by atoms with van der Waals surface area (Å²) in [6.07, 6.45) is 0.673. The number of benzene rings is 1. The third-order valence-corrected chi connectivity index (χ3v) is 4.18. The van der Waals surface area contributed by atoms with E-state index in [1.807, 2.05) is 18.2 Å².